The average Bonchev–Trinajstić information content (AvgIpc) is 1.28. The van der Waals surface area contributed by atoms with Crippen LogP contribution < -0.4 is 16.0 Å². The highest BCUT2D eigenvalue weighted by Crippen LogP contribution is 2.39. The first-order chi connectivity index (χ1) is 55.4. The molecule has 7 rings (SSSR count). The predicted molar refractivity (Wildman–Crippen MR) is 430 cm³/mol. The largest absolute Gasteiger partial charge is 0.459 e. The quantitative estimate of drug-likeness (QED) is 0.0362. The number of amides is 12. The molecule has 10 atom stereocenters. The number of hydrogen-bond acceptors (Lipinski definition) is 15. The van der Waals surface area contributed by atoms with Gasteiger partial charge in [-0.05, 0) is 165 Å². The number of alkyl carbamates (subject to hydrolysis) is 1. The van der Waals surface area contributed by atoms with Crippen molar-refractivity contribution in [3.8, 4) is 0 Å². The average molecular weight is 1660 g/mol. The first kappa shape index (κ1) is 95.4. The lowest BCUT2D eigenvalue weighted by atomic mass is 9.90. The zero-order valence-corrected chi connectivity index (χ0v) is 71.6. The summed E-state index contributed by atoms with van der Waals surface area (Å²) >= 11 is 0. The van der Waals surface area contributed by atoms with E-state index in [0.29, 0.717) is 69.1 Å². The Morgan fingerprint density at radius 1 is 0.619 bits per heavy atom. The van der Waals surface area contributed by atoms with E-state index in [9.17, 15) is 65.1 Å². The van der Waals surface area contributed by atoms with Gasteiger partial charge in [-0.1, -0.05) is 120 Å². The van der Waals surface area contributed by atoms with E-state index in [1.807, 2.05) is 52.0 Å². The van der Waals surface area contributed by atoms with Crippen molar-refractivity contribution in [1.29, 1.82) is 0 Å². The molecule has 652 valence electrons. The zero-order valence-electron chi connectivity index (χ0n) is 71.6. The molecule has 0 aromatic heterocycles. The molecular weight excluding hydrogens is 1540 g/mol. The van der Waals surface area contributed by atoms with Crippen LogP contribution in [0.2, 0.25) is 0 Å². The molecule has 0 unspecified atom stereocenters. The van der Waals surface area contributed by atoms with Gasteiger partial charge in [0.05, 0.1) is 6.42 Å². The number of nitrogens with zero attached hydrogens (tertiary/aromatic N) is 9. The number of rotatable bonds is 36. The van der Waals surface area contributed by atoms with Crippen molar-refractivity contribution >= 4 is 77.0 Å². The molecule has 2 saturated heterocycles. The SMILES string of the molecule is CC[C@H](C)[C@H](NC(=O)[C@H](CC(C)C)N(C)C(=O)C[C@@H](C(=O)N(C)C)N(C)C(=O)[C@H](C1CCCC1)N(C)C(=O)C1(NC(=O)[C@@H]2CCCN2C(=O)[C@H](CCc2cc(F)c(C(F)(F)F)c(F)c2)NC(=O)OCc2ccccc2)CCCC1)C(=O)N(C)[C@@H](C)C(=O)N1CC[C@H]1C(=O)N(CC)[C@@H](CCc1ccc(C)cc1)C(=O)N(C)CC(=O)OC(C)(C)C. The van der Waals surface area contributed by atoms with Crippen molar-refractivity contribution < 1.29 is 93.8 Å². The van der Waals surface area contributed by atoms with Crippen LogP contribution in [0, 0.1) is 36.3 Å². The van der Waals surface area contributed by atoms with Crippen LogP contribution in [0.4, 0.5) is 26.7 Å². The molecule has 4 fully saturated rings. The smallest absolute Gasteiger partial charge is 0.422 e. The van der Waals surface area contributed by atoms with Gasteiger partial charge in [-0.25, -0.2) is 13.6 Å². The van der Waals surface area contributed by atoms with Gasteiger partial charge in [-0.2, -0.15) is 13.2 Å². The Kier molecular flexibility index (Phi) is 33.7. The van der Waals surface area contributed by atoms with E-state index in [0.717, 1.165) is 16.0 Å². The number of likely N-dealkylation sites (N-methyl/N-ethyl adjacent to an activating group) is 7. The molecule has 2 saturated carbocycles. The number of alkyl halides is 3. The normalized spacial score (nSPS) is 18.1. The molecule has 32 heteroatoms. The third-order valence-electron chi connectivity index (χ3n) is 23.5. The minimum atomic E-state index is -5.35. The fourth-order valence-corrected chi connectivity index (χ4v) is 16.3. The molecule has 3 N–H and O–H groups in total. The van der Waals surface area contributed by atoms with E-state index < -0.39 is 197 Å². The second kappa shape index (κ2) is 41.8. The maximum absolute atomic E-state index is 15.6. The number of halogens is 5. The van der Waals surface area contributed by atoms with Crippen LogP contribution in [0.25, 0.3) is 0 Å². The Labute approximate surface area is 690 Å². The molecule has 0 radical (unpaired) electrons. The van der Waals surface area contributed by atoms with Crippen molar-refractivity contribution in [2.45, 2.75) is 263 Å². The van der Waals surface area contributed by atoms with Crippen LogP contribution in [0.1, 0.15) is 193 Å². The molecule has 118 heavy (non-hydrogen) atoms. The molecule has 0 bridgehead atoms. The Morgan fingerprint density at radius 2 is 1.22 bits per heavy atom. The van der Waals surface area contributed by atoms with Gasteiger partial charge in [0.2, 0.25) is 65.0 Å². The number of carbonyl (C=O) groups excluding carboxylic acids is 13. The summed E-state index contributed by atoms with van der Waals surface area (Å²) in [6, 6.07) is 5.98. The van der Waals surface area contributed by atoms with E-state index in [1.165, 1.54) is 95.5 Å². The first-order valence-electron chi connectivity index (χ1n) is 41.2. The summed E-state index contributed by atoms with van der Waals surface area (Å²) in [5, 5.41) is 8.38. The van der Waals surface area contributed by atoms with Crippen molar-refractivity contribution in [3.05, 3.63) is 106 Å². The highest BCUT2D eigenvalue weighted by atomic mass is 19.4. The summed E-state index contributed by atoms with van der Waals surface area (Å²) < 4.78 is 81.3. The van der Waals surface area contributed by atoms with E-state index in [-0.39, 0.29) is 89.2 Å². The third-order valence-corrected chi connectivity index (χ3v) is 23.5. The summed E-state index contributed by atoms with van der Waals surface area (Å²) in [7, 11) is 9.98. The second-order valence-electron chi connectivity index (χ2n) is 33.9. The van der Waals surface area contributed by atoms with E-state index >= 15 is 19.2 Å². The standard InChI is InChI=1S/C86H123F5N12O15/c1-18-54(6)71(80(113)97(14)55(7)75(108)103-45-41-65(103)79(112)101(19-2)64(40-38-56-35-33-53(5)34-36-56)78(111)96(13)50-69(105)118-84(8,9)10)93-73(106)66(46-52(3)4)98(15)68(104)49-67(77(110)95(11)12)99(16)81(114)72(59-30-23-24-31-59)100(17)82(115)85(42-25-26-43-85)94-74(107)63-32-27-44-102(63)76(109)62(92-83(116)117-51-57-28-21-20-22-29-57)39-37-58-47-60(87)70(61(88)48-58)86(89,90)91/h20-22,28-29,33-36,47-48,52,54-55,59,62-67,71-72H,18-19,23-27,30-32,37-46,49-51H2,1-17H3,(H,92,116)(H,93,106)(H,94,107)/t54-,55-,62-,63-,64-,65-,66-,67-,71-,72-/m0/s1. The topological polar surface area (TPSA) is 306 Å². The number of carbonyl (C=O) groups is 13. The lowest BCUT2D eigenvalue weighted by molar-refractivity contribution is -0.163. The maximum atomic E-state index is 15.6. The third kappa shape index (κ3) is 24.2. The highest BCUT2D eigenvalue weighted by Gasteiger charge is 2.52. The lowest BCUT2D eigenvalue weighted by Crippen LogP contribution is -2.65. The molecule has 2 aliphatic carbocycles. The fraction of sp³-hybridized carbons (Fsp3) is 0.640. The summed E-state index contributed by atoms with van der Waals surface area (Å²) in [6.07, 6.45) is -2.76. The van der Waals surface area contributed by atoms with Gasteiger partial charge < -0.3 is 69.5 Å². The molecular formula is C86H123F5N12O15. The molecule has 12 amide bonds. The highest BCUT2D eigenvalue weighted by molar-refractivity contribution is 6.01. The number of hydrogen-bond donors (Lipinski definition) is 3. The van der Waals surface area contributed by atoms with Crippen molar-refractivity contribution in [2.24, 2.45) is 17.8 Å². The van der Waals surface area contributed by atoms with Crippen molar-refractivity contribution in [1.82, 2.24) is 60.0 Å². The zero-order chi connectivity index (χ0) is 87.7. The van der Waals surface area contributed by atoms with Gasteiger partial charge in [0, 0.05) is 69.0 Å². The second-order valence-corrected chi connectivity index (χ2v) is 33.9. The minimum absolute atomic E-state index is 0.0267. The van der Waals surface area contributed by atoms with Gasteiger partial charge in [0.1, 0.15) is 95.9 Å². The Morgan fingerprint density at radius 3 is 1.77 bits per heavy atom. The fourth-order valence-electron chi connectivity index (χ4n) is 16.3. The molecule has 3 aromatic rings. The molecule has 4 aliphatic rings. The van der Waals surface area contributed by atoms with Crippen molar-refractivity contribution in [3.63, 3.8) is 0 Å². The van der Waals surface area contributed by atoms with Gasteiger partial charge in [0.25, 0.3) is 0 Å². The van der Waals surface area contributed by atoms with Crippen LogP contribution >= 0.6 is 0 Å². The van der Waals surface area contributed by atoms with E-state index in [1.54, 1.807) is 65.0 Å². The minimum Gasteiger partial charge on any atom is -0.459 e. The first-order valence-corrected chi connectivity index (χ1v) is 41.2. The van der Waals surface area contributed by atoms with Crippen LogP contribution in [-0.4, -0.2) is 262 Å². The van der Waals surface area contributed by atoms with E-state index in [2.05, 4.69) is 16.0 Å². The van der Waals surface area contributed by atoms with Crippen LogP contribution in [0.5, 0.6) is 0 Å². The van der Waals surface area contributed by atoms with Gasteiger partial charge >= 0.3 is 18.2 Å². The summed E-state index contributed by atoms with van der Waals surface area (Å²) in [6.45, 7) is 17.2. The number of nitrogens with one attached hydrogen (secondary N) is 3. The maximum Gasteiger partial charge on any atom is 0.422 e. The number of benzene rings is 3. The number of esters is 1. The van der Waals surface area contributed by atoms with Gasteiger partial charge in [-0.15, -0.1) is 0 Å². The predicted octanol–water partition coefficient (Wildman–Crippen LogP) is 8.76. The molecule has 3 aromatic carbocycles. The Bertz CT molecular complexity index is 4030. The monoisotopic (exact) mass is 1660 g/mol. The lowest BCUT2D eigenvalue weighted by Gasteiger charge is -2.45. The summed E-state index contributed by atoms with van der Waals surface area (Å²) in [5.74, 6) is -12.8. The Hall–Kier alpha value is -9.78. The molecule has 27 nitrogen and oxygen atoms in total. The van der Waals surface area contributed by atoms with Gasteiger partial charge in [-0.3, -0.25) is 57.5 Å². The molecule has 2 aliphatic heterocycles. The number of aryl methyl sites for hydroxylation is 3. The Balaban J connectivity index is 1.06. The number of likely N-dealkylation sites (tertiary alicyclic amines) is 2. The van der Waals surface area contributed by atoms with Crippen LogP contribution in [0.3, 0.4) is 0 Å². The number of ether oxygens (including phenoxy) is 2. The molecule has 2 heterocycles. The molecule has 0 spiro atoms. The van der Waals surface area contributed by atoms with Crippen LogP contribution in [-0.2, 0) is 92.6 Å². The van der Waals surface area contributed by atoms with Crippen LogP contribution in [0.15, 0.2) is 66.7 Å². The van der Waals surface area contributed by atoms with Gasteiger partial charge in [0.15, 0.2) is 0 Å². The van der Waals surface area contributed by atoms with E-state index in [4.69, 9.17) is 9.47 Å². The summed E-state index contributed by atoms with van der Waals surface area (Å²) in [4.78, 5) is 202. The summed E-state index contributed by atoms with van der Waals surface area (Å²) in [5.41, 5.74) is -2.26. The van der Waals surface area contributed by atoms with Crippen molar-refractivity contribution in [2.75, 3.05) is 75.5 Å².